The summed E-state index contributed by atoms with van der Waals surface area (Å²) in [5.74, 6) is 0.942. The standard InChI is InChI=1S/C14H15N5O2S/c1-3-21-14-12-18-17-11(19(12)5-4-15-14)7-16-13(20)10-6-9(2)8-22-10/h4-6,8H,3,7H2,1-2H3,(H,16,20). The van der Waals surface area contributed by atoms with Crippen LogP contribution in [-0.2, 0) is 6.54 Å². The predicted molar refractivity (Wildman–Crippen MR) is 82.2 cm³/mol. The molecule has 0 atom stereocenters. The molecule has 3 aromatic heterocycles. The van der Waals surface area contributed by atoms with Crippen LogP contribution in [0.3, 0.4) is 0 Å². The first-order valence-electron chi connectivity index (χ1n) is 6.83. The molecule has 0 fully saturated rings. The highest BCUT2D eigenvalue weighted by Crippen LogP contribution is 2.16. The van der Waals surface area contributed by atoms with Crippen molar-refractivity contribution < 1.29 is 9.53 Å². The molecule has 7 nitrogen and oxygen atoms in total. The maximum Gasteiger partial charge on any atom is 0.261 e. The molecule has 114 valence electrons. The summed E-state index contributed by atoms with van der Waals surface area (Å²) in [4.78, 5) is 16.9. The SMILES string of the molecule is CCOc1nccn2c(CNC(=O)c3cc(C)cs3)nnc12. The van der Waals surface area contributed by atoms with Crippen molar-refractivity contribution in [3.63, 3.8) is 0 Å². The summed E-state index contributed by atoms with van der Waals surface area (Å²) >= 11 is 1.42. The molecule has 1 amide bonds. The van der Waals surface area contributed by atoms with Gasteiger partial charge in [-0.3, -0.25) is 9.20 Å². The lowest BCUT2D eigenvalue weighted by molar-refractivity contribution is 0.0954. The van der Waals surface area contributed by atoms with Crippen molar-refractivity contribution >= 4 is 22.9 Å². The first-order chi connectivity index (χ1) is 10.7. The fourth-order valence-electron chi connectivity index (χ4n) is 2.01. The number of carbonyl (C=O) groups is 1. The maximum absolute atomic E-state index is 12.1. The molecule has 0 aliphatic heterocycles. The summed E-state index contributed by atoms with van der Waals surface area (Å²) in [7, 11) is 0. The van der Waals surface area contributed by atoms with Crippen LogP contribution in [0.2, 0.25) is 0 Å². The Morgan fingerprint density at radius 3 is 3.05 bits per heavy atom. The second-order valence-electron chi connectivity index (χ2n) is 4.65. The van der Waals surface area contributed by atoms with Gasteiger partial charge in [0.2, 0.25) is 5.65 Å². The fourth-order valence-corrected chi connectivity index (χ4v) is 2.82. The average molecular weight is 317 g/mol. The number of ether oxygens (including phenoxy) is 1. The van der Waals surface area contributed by atoms with E-state index < -0.39 is 0 Å². The van der Waals surface area contributed by atoms with Crippen LogP contribution in [0.4, 0.5) is 0 Å². The zero-order valence-electron chi connectivity index (χ0n) is 12.2. The van der Waals surface area contributed by atoms with E-state index in [1.807, 2.05) is 25.3 Å². The number of thiophene rings is 1. The molecule has 0 unspecified atom stereocenters. The summed E-state index contributed by atoms with van der Waals surface area (Å²) in [6.07, 6.45) is 3.37. The van der Waals surface area contributed by atoms with E-state index in [2.05, 4.69) is 20.5 Å². The number of hydrogen-bond donors (Lipinski definition) is 1. The third kappa shape index (κ3) is 2.77. The van der Waals surface area contributed by atoms with Gasteiger partial charge in [0.15, 0.2) is 5.82 Å². The zero-order valence-corrected chi connectivity index (χ0v) is 13.1. The fraction of sp³-hybridized carbons (Fsp3) is 0.286. The van der Waals surface area contributed by atoms with Gasteiger partial charge in [0.1, 0.15) is 0 Å². The Balaban J connectivity index is 1.77. The highest BCUT2D eigenvalue weighted by atomic mass is 32.1. The van der Waals surface area contributed by atoms with Crippen LogP contribution in [0.25, 0.3) is 5.65 Å². The first-order valence-corrected chi connectivity index (χ1v) is 7.71. The van der Waals surface area contributed by atoms with Crippen LogP contribution in [0.1, 0.15) is 28.0 Å². The number of carbonyl (C=O) groups excluding carboxylic acids is 1. The van der Waals surface area contributed by atoms with Gasteiger partial charge in [-0.05, 0) is 30.9 Å². The van der Waals surface area contributed by atoms with E-state index in [9.17, 15) is 4.79 Å². The molecule has 0 aliphatic rings. The van der Waals surface area contributed by atoms with Crippen LogP contribution in [-0.4, -0.2) is 32.1 Å². The Labute approximate surface area is 131 Å². The lowest BCUT2D eigenvalue weighted by Gasteiger charge is -2.04. The van der Waals surface area contributed by atoms with Gasteiger partial charge in [-0.25, -0.2) is 4.98 Å². The Kier molecular flexibility index (Phi) is 4.01. The van der Waals surface area contributed by atoms with Crippen LogP contribution < -0.4 is 10.1 Å². The quantitative estimate of drug-likeness (QED) is 0.776. The van der Waals surface area contributed by atoms with Gasteiger partial charge in [-0.2, -0.15) is 0 Å². The predicted octanol–water partition coefficient (Wildman–Crippen LogP) is 1.82. The first kappa shape index (κ1) is 14.5. The number of aryl methyl sites for hydroxylation is 1. The molecule has 3 heterocycles. The number of hydrogen-bond acceptors (Lipinski definition) is 6. The van der Waals surface area contributed by atoms with Crippen LogP contribution in [0.5, 0.6) is 5.88 Å². The van der Waals surface area contributed by atoms with Gasteiger partial charge in [0.05, 0.1) is 18.0 Å². The molecular weight excluding hydrogens is 302 g/mol. The molecule has 0 aliphatic carbocycles. The molecule has 8 heteroatoms. The van der Waals surface area contributed by atoms with Crippen LogP contribution in [0, 0.1) is 6.92 Å². The Morgan fingerprint density at radius 1 is 1.45 bits per heavy atom. The minimum Gasteiger partial charge on any atom is -0.475 e. The van der Waals surface area contributed by atoms with Crippen molar-refractivity contribution in [3.8, 4) is 5.88 Å². The lowest BCUT2D eigenvalue weighted by atomic mass is 10.3. The number of fused-ring (bicyclic) bond motifs is 1. The molecule has 3 aromatic rings. The van der Waals surface area contributed by atoms with E-state index in [0.29, 0.717) is 28.8 Å². The van der Waals surface area contributed by atoms with Gasteiger partial charge in [-0.1, -0.05) is 0 Å². The van der Waals surface area contributed by atoms with Crippen molar-refractivity contribution in [1.29, 1.82) is 0 Å². The van der Waals surface area contributed by atoms with Crippen molar-refractivity contribution in [2.75, 3.05) is 6.61 Å². The molecule has 0 saturated carbocycles. The van der Waals surface area contributed by atoms with Crippen molar-refractivity contribution in [2.24, 2.45) is 0 Å². The molecule has 22 heavy (non-hydrogen) atoms. The van der Waals surface area contributed by atoms with Gasteiger partial charge >= 0.3 is 0 Å². The van der Waals surface area contributed by atoms with Crippen molar-refractivity contribution in [1.82, 2.24) is 24.9 Å². The average Bonchev–Trinajstić information content (AvgIpc) is 3.12. The van der Waals surface area contributed by atoms with Gasteiger partial charge < -0.3 is 10.1 Å². The number of nitrogens with one attached hydrogen (secondary N) is 1. The Bertz CT molecular complexity index is 811. The summed E-state index contributed by atoms with van der Waals surface area (Å²) in [6.45, 7) is 4.63. The topological polar surface area (TPSA) is 81.4 Å². The van der Waals surface area contributed by atoms with E-state index in [4.69, 9.17) is 4.74 Å². The van der Waals surface area contributed by atoms with E-state index in [1.165, 1.54) is 11.3 Å². The highest BCUT2D eigenvalue weighted by Gasteiger charge is 2.13. The van der Waals surface area contributed by atoms with Gasteiger partial charge in [0, 0.05) is 12.4 Å². The second kappa shape index (κ2) is 6.10. The minimum atomic E-state index is -0.117. The number of nitrogens with zero attached hydrogens (tertiary/aromatic N) is 4. The molecular formula is C14H15N5O2S. The van der Waals surface area contributed by atoms with Crippen LogP contribution in [0.15, 0.2) is 23.8 Å². The maximum atomic E-state index is 12.1. The van der Waals surface area contributed by atoms with Crippen molar-refractivity contribution in [2.45, 2.75) is 20.4 Å². The molecule has 0 bridgehead atoms. The number of amides is 1. The largest absolute Gasteiger partial charge is 0.475 e. The normalized spacial score (nSPS) is 10.8. The zero-order chi connectivity index (χ0) is 15.5. The van der Waals surface area contributed by atoms with E-state index in [-0.39, 0.29) is 12.5 Å². The van der Waals surface area contributed by atoms with Crippen LogP contribution >= 0.6 is 11.3 Å². The third-order valence-electron chi connectivity index (χ3n) is 3.01. The number of rotatable bonds is 5. The molecule has 1 N–H and O–H groups in total. The Morgan fingerprint density at radius 2 is 2.32 bits per heavy atom. The van der Waals surface area contributed by atoms with E-state index >= 15 is 0 Å². The smallest absolute Gasteiger partial charge is 0.261 e. The Hall–Kier alpha value is -2.48. The summed E-state index contributed by atoms with van der Waals surface area (Å²) in [5.41, 5.74) is 1.62. The second-order valence-corrected chi connectivity index (χ2v) is 5.56. The minimum absolute atomic E-state index is 0.117. The molecule has 3 rings (SSSR count). The summed E-state index contributed by atoms with van der Waals surface area (Å²) in [6, 6.07) is 1.86. The van der Waals surface area contributed by atoms with Gasteiger partial charge in [-0.15, -0.1) is 21.5 Å². The van der Waals surface area contributed by atoms with Gasteiger partial charge in [0.25, 0.3) is 11.8 Å². The lowest BCUT2D eigenvalue weighted by Crippen LogP contribution is -2.23. The third-order valence-corrected chi connectivity index (χ3v) is 4.05. The molecule has 0 radical (unpaired) electrons. The number of aromatic nitrogens is 4. The summed E-state index contributed by atoms with van der Waals surface area (Å²) < 4.78 is 7.17. The monoisotopic (exact) mass is 317 g/mol. The molecule has 0 saturated heterocycles. The van der Waals surface area contributed by atoms with Crippen molar-refractivity contribution in [3.05, 3.63) is 40.1 Å². The van der Waals surface area contributed by atoms with E-state index in [1.54, 1.807) is 16.8 Å². The highest BCUT2D eigenvalue weighted by molar-refractivity contribution is 7.12. The van der Waals surface area contributed by atoms with E-state index in [0.717, 1.165) is 5.56 Å². The molecule has 0 aromatic carbocycles. The molecule has 0 spiro atoms. The summed E-state index contributed by atoms with van der Waals surface area (Å²) in [5, 5.41) is 13.0.